The van der Waals surface area contributed by atoms with Crippen molar-refractivity contribution in [2.24, 2.45) is 5.92 Å². The lowest BCUT2D eigenvalue weighted by molar-refractivity contribution is 0.0503. The molecule has 1 N–H and O–H groups in total. The van der Waals surface area contributed by atoms with Gasteiger partial charge in [0.25, 0.3) is 0 Å². The maximum absolute atomic E-state index is 12.4. The third kappa shape index (κ3) is 6.57. The first-order valence-corrected chi connectivity index (χ1v) is 11.0. The lowest BCUT2D eigenvalue weighted by Gasteiger charge is -2.24. The van der Waals surface area contributed by atoms with Crippen molar-refractivity contribution in [2.75, 3.05) is 0 Å². The van der Waals surface area contributed by atoms with Crippen molar-refractivity contribution in [1.82, 2.24) is 10.3 Å². The van der Waals surface area contributed by atoms with Crippen LogP contribution in [0, 0.1) is 5.92 Å². The number of aromatic nitrogens is 1. The molecule has 2 aromatic rings. The maximum atomic E-state index is 12.4. The van der Waals surface area contributed by atoms with Crippen molar-refractivity contribution in [3.8, 4) is 0 Å². The number of nitrogens with one attached hydrogen (secondary N) is 1. The van der Waals surface area contributed by atoms with Gasteiger partial charge in [0.15, 0.2) is 0 Å². The van der Waals surface area contributed by atoms with Crippen LogP contribution in [0.5, 0.6) is 0 Å². The molecule has 2 atom stereocenters. The number of nitrogens with zero attached hydrogens (tertiary/aromatic N) is 1. The number of hydrogen-bond acceptors (Lipinski definition) is 4. The van der Waals surface area contributed by atoms with Crippen LogP contribution in [0.2, 0.25) is 0 Å². The van der Waals surface area contributed by atoms with Crippen LogP contribution in [0.3, 0.4) is 0 Å². The molecule has 0 aliphatic heterocycles. The summed E-state index contributed by atoms with van der Waals surface area (Å²) in [6.07, 6.45) is 6.55. The maximum Gasteiger partial charge on any atom is 0.408 e. The molecule has 1 heterocycles. The quantitative estimate of drug-likeness (QED) is 0.590. The molecule has 0 saturated carbocycles. The molecule has 1 amide bonds. The van der Waals surface area contributed by atoms with Gasteiger partial charge in [-0.1, -0.05) is 57.7 Å². The highest BCUT2D eigenvalue weighted by Gasteiger charge is 2.24. The number of hydrogen-bond donors (Lipinski definition) is 1. The van der Waals surface area contributed by atoms with E-state index < -0.39 is 11.7 Å². The highest BCUT2D eigenvalue weighted by atomic mass is 32.1. The third-order valence-corrected chi connectivity index (χ3v) is 5.44. The van der Waals surface area contributed by atoms with Gasteiger partial charge < -0.3 is 10.1 Å². The Hall–Kier alpha value is -2.40. The van der Waals surface area contributed by atoms with E-state index in [1.807, 2.05) is 58.9 Å². The third-order valence-electron chi connectivity index (χ3n) is 4.29. The van der Waals surface area contributed by atoms with E-state index in [1.54, 1.807) is 11.3 Å². The van der Waals surface area contributed by atoms with Crippen molar-refractivity contribution in [1.29, 1.82) is 0 Å². The van der Waals surface area contributed by atoms with Crippen molar-refractivity contribution in [3.05, 3.63) is 65.2 Å². The van der Waals surface area contributed by atoms with Gasteiger partial charge in [0, 0.05) is 0 Å². The summed E-state index contributed by atoms with van der Waals surface area (Å²) in [7, 11) is 0. The fourth-order valence-corrected chi connectivity index (χ4v) is 3.88. The summed E-state index contributed by atoms with van der Waals surface area (Å²) in [6, 6.07) is 7.75. The Balaban J connectivity index is 0.00000145. The van der Waals surface area contributed by atoms with E-state index in [0.717, 1.165) is 26.4 Å². The molecule has 3 rings (SSSR count). The Kier molecular flexibility index (Phi) is 7.80. The van der Waals surface area contributed by atoms with Crippen LogP contribution in [0.25, 0.3) is 10.2 Å². The van der Waals surface area contributed by atoms with E-state index in [4.69, 9.17) is 9.72 Å². The van der Waals surface area contributed by atoms with Gasteiger partial charge in [0.2, 0.25) is 0 Å². The zero-order valence-corrected chi connectivity index (χ0v) is 19.1. The molecule has 1 aromatic carbocycles. The Morgan fingerprint density at radius 2 is 2.00 bits per heavy atom. The molecular formula is C24H32N2O2S. The largest absolute Gasteiger partial charge is 0.444 e. The number of ether oxygens (including phenoxy) is 1. The summed E-state index contributed by atoms with van der Waals surface area (Å²) in [5, 5.41) is 3.88. The number of para-hydroxylation sites is 1. The van der Waals surface area contributed by atoms with E-state index >= 15 is 0 Å². The molecule has 4 nitrogen and oxygen atoms in total. The SMILES string of the molecule is C=C1C=C(CC(NC(=O)OC(C)(C)C)c2nc3ccccc3s2)C=CC1C.CC. The van der Waals surface area contributed by atoms with Gasteiger partial charge in [-0.25, -0.2) is 9.78 Å². The number of thiazole rings is 1. The first-order chi connectivity index (χ1) is 13.7. The molecular weight excluding hydrogens is 380 g/mol. The minimum absolute atomic E-state index is 0.255. The molecule has 0 saturated heterocycles. The molecule has 5 heteroatoms. The predicted molar refractivity (Wildman–Crippen MR) is 123 cm³/mol. The monoisotopic (exact) mass is 412 g/mol. The van der Waals surface area contributed by atoms with Gasteiger partial charge >= 0.3 is 6.09 Å². The average Bonchev–Trinajstić information content (AvgIpc) is 3.08. The number of rotatable bonds is 4. The summed E-state index contributed by atoms with van der Waals surface area (Å²) < 4.78 is 6.57. The second kappa shape index (κ2) is 9.88. The minimum Gasteiger partial charge on any atom is -0.444 e. The second-order valence-corrected chi connectivity index (χ2v) is 8.93. The second-order valence-electron chi connectivity index (χ2n) is 7.86. The smallest absolute Gasteiger partial charge is 0.408 e. The number of amides is 1. The van der Waals surface area contributed by atoms with Crippen LogP contribution in [0.15, 0.2) is 60.2 Å². The van der Waals surface area contributed by atoms with E-state index in [1.165, 1.54) is 0 Å². The molecule has 1 aromatic heterocycles. The summed E-state index contributed by atoms with van der Waals surface area (Å²) >= 11 is 1.60. The summed E-state index contributed by atoms with van der Waals surface area (Å²) in [5.74, 6) is 0.341. The number of carbonyl (C=O) groups is 1. The standard InChI is InChI=1S/C22H26N2O2S.C2H6/c1-14-10-11-16(12-15(14)2)13-18(24-21(25)26-22(3,4)5)20-23-17-8-6-7-9-19(17)27-20;1-2/h6-12,14,18H,2,13H2,1,3-5H3,(H,24,25);1-2H3. The fraction of sp³-hybridized carbons (Fsp3) is 0.417. The Labute approximate surface area is 178 Å². The fourth-order valence-electron chi connectivity index (χ4n) is 2.86. The van der Waals surface area contributed by atoms with Crippen molar-refractivity contribution >= 4 is 27.6 Å². The van der Waals surface area contributed by atoms with Crippen molar-refractivity contribution in [3.63, 3.8) is 0 Å². The normalized spacial score (nSPS) is 17.2. The number of carbonyl (C=O) groups excluding carboxylic acids is 1. The van der Waals surface area contributed by atoms with Crippen LogP contribution < -0.4 is 5.32 Å². The Morgan fingerprint density at radius 3 is 2.62 bits per heavy atom. The highest BCUT2D eigenvalue weighted by molar-refractivity contribution is 7.18. The molecule has 0 fully saturated rings. The van der Waals surface area contributed by atoms with Crippen LogP contribution in [0.4, 0.5) is 4.79 Å². The predicted octanol–water partition coefficient (Wildman–Crippen LogP) is 6.97. The highest BCUT2D eigenvalue weighted by Crippen LogP contribution is 2.32. The van der Waals surface area contributed by atoms with Gasteiger partial charge in [0.05, 0.1) is 16.3 Å². The van der Waals surface area contributed by atoms with Gasteiger partial charge in [-0.15, -0.1) is 11.3 Å². The lowest BCUT2D eigenvalue weighted by Crippen LogP contribution is -2.35. The van der Waals surface area contributed by atoms with Gasteiger partial charge in [-0.3, -0.25) is 0 Å². The summed E-state index contributed by atoms with van der Waals surface area (Å²) in [4.78, 5) is 17.1. The summed E-state index contributed by atoms with van der Waals surface area (Å²) in [5.41, 5.74) is 2.60. The van der Waals surface area contributed by atoms with Crippen molar-refractivity contribution < 1.29 is 9.53 Å². The molecule has 1 aliphatic carbocycles. The first kappa shape index (κ1) is 22.9. The van der Waals surface area contributed by atoms with E-state index in [2.05, 4.69) is 37.0 Å². The Bertz CT molecular complexity index is 885. The molecule has 1 aliphatic rings. The van der Waals surface area contributed by atoms with E-state index in [-0.39, 0.29) is 6.04 Å². The molecule has 156 valence electrons. The zero-order chi connectivity index (χ0) is 21.6. The molecule has 2 unspecified atom stereocenters. The zero-order valence-electron chi connectivity index (χ0n) is 18.3. The van der Waals surface area contributed by atoms with Gasteiger partial charge in [0.1, 0.15) is 10.6 Å². The van der Waals surface area contributed by atoms with Crippen LogP contribution in [-0.2, 0) is 4.74 Å². The molecule has 0 radical (unpaired) electrons. The first-order valence-electron chi connectivity index (χ1n) is 10.1. The molecule has 0 spiro atoms. The van der Waals surface area contributed by atoms with Crippen molar-refractivity contribution in [2.45, 2.75) is 59.6 Å². The molecule has 29 heavy (non-hydrogen) atoms. The van der Waals surface area contributed by atoms with Crippen LogP contribution >= 0.6 is 11.3 Å². The minimum atomic E-state index is -0.546. The number of benzene rings is 1. The topological polar surface area (TPSA) is 51.2 Å². The molecule has 0 bridgehead atoms. The van der Waals surface area contributed by atoms with Crippen LogP contribution in [0.1, 0.15) is 59.0 Å². The summed E-state index contributed by atoms with van der Waals surface area (Å²) in [6.45, 7) is 15.8. The average molecular weight is 413 g/mol. The van der Waals surface area contributed by atoms with Gasteiger partial charge in [-0.05, 0) is 56.4 Å². The van der Waals surface area contributed by atoms with Crippen LogP contribution in [-0.4, -0.2) is 16.7 Å². The number of allylic oxidation sites excluding steroid dienone is 4. The van der Waals surface area contributed by atoms with Gasteiger partial charge in [-0.2, -0.15) is 0 Å². The number of fused-ring (bicyclic) bond motifs is 1. The van der Waals surface area contributed by atoms with E-state index in [9.17, 15) is 4.79 Å². The lowest BCUT2D eigenvalue weighted by atomic mass is 9.91. The number of alkyl carbamates (subject to hydrolysis) is 1. The van der Waals surface area contributed by atoms with E-state index in [0.29, 0.717) is 12.3 Å². The Morgan fingerprint density at radius 1 is 1.31 bits per heavy atom.